The predicted molar refractivity (Wildman–Crippen MR) is 77.0 cm³/mol. The van der Waals surface area contributed by atoms with Gasteiger partial charge in [0.25, 0.3) is 5.91 Å². The molecule has 0 spiro atoms. The van der Waals surface area contributed by atoms with Crippen molar-refractivity contribution in [3.8, 4) is 0 Å². The average molecular weight is 299 g/mol. The molecule has 0 N–H and O–H groups in total. The summed E-state index contributed by atoms with van der Waals surface area (Å²) >= 11 is 0. The van der Waals surface area contributed by atoms with Crippen LogP contribution in [0.25, 0.3) is 0 Å². The topological polar surface area (TPSA) is 62.6 Å². The maximum Gasteiger partial charge on any atom is 0.255 e. The van der Waals surface area contributed by atoms with Crippen LogP contribution < -0.4 is 0 Å². The summed E-state index contributed by atoms with van der Waals surface area (Å²) in [6, 6.07) is 1.79. The number of hydrogen-bond acceptors (Lipinski definition) is 3. The van der Waals surface area contributed by atoms with Crippen molar-refractivity contribution in [1.82, 2.24) is 13.8 Å². The lowest BCUT2D eigenvalue weighted by molar-refractivity contribution is 0.0764. The molecule has 0 radical (unpaired) electrons. The molecular weight excluding hydrogens is 278 g/mol. The number of rotatable bonds is 3. The Morgan fingerprint density at radius 2 is 2.00 bits per heavy atom. The molecule has 7 heteroatoms. The lowest BCUT2D eigenvalue weighted by atomic mass is 10.3. The van der Waals surface area contributed by atoms with Gasteiger partial charge >= 0.3 is 0 Å². The van der Waals surface area contributed by atoms with Crippen LogP contribution in [0.15, 0.2) is 18.5 Å². The van der Waals surface area contributed by atoms with Crippen LogP contribution >= 0.6 is 0 Å². The Balaban J connectivity index is 2.05. The Kier molecular flexibility index (Phi) is 4.49. The fourth-order valence-corrected chi connectivity index (χ4v) is 3.50. The molecule has 1 aromatic rings. The summed E-state index contributed by atoms with van der Waals surface area (Å²) in [5.41, 5.74) is 0.652. The molecule has 1 aliphatic rings. The Labute approximate surface area is 120 Å². The molecule has 6 nitrogen and oxygen atoms in total. The second kappa shape index (κ2) is 5.97. The molecule has 1 amide bonds. The van der Waals surface area contributed by atoms with E-state index < -0.39 is 10.0 Å². The van der Waals surface area contributed by atoms with Crippen LogP contribution in [-0.4, -0.2) is 60.0 Å². The fourth-order valence-electron chi connectivity index (χ4n) is 2.37. The number of carbonyl (C=O) groups is 1. The fraction of sp³-hybridized carbons (Fsp3) is 0.615. The Morgan fingerprint density at radius 1 is 1.25 bits per heavy atom. The van der Waals surface area contributed by atoms with Crippen molar-refractivity contribution in [3.05, 3.63) is 24.0 Å². The number of sulfonamides is 1. The van der Waals surface area contributed by atoms with Crippen molar-refractivity contribution in [1.29, 1.82) is 0 Å². The molecule has 0 unspecified atom stereocenters. The Morgan fingerprint density at radius 3 is 2.60 bits per heavy atom. The summed E-state index contributed by atoms with van der Waals surface area (Å²) in [6.45, 7) is 3.58. The summed E-state index contributed by atoms with van der Waals surface area (Å²) in [4.78, 5) is 14.1. The quantitative estimate of drug-likeness (QED) is 0.817. The standard InChI is InChI=1S/C13H21N3O3S/c1-3-20(18,19)16-7-4-6-15(9-10-16)13(17)12-5-8-14(2)11-12/h5,8,11H,3-4,6-7,9-10H2,1-2H3. The zero-order chi connectivity index (χ0) is 14.8. The van der Waals surface area contributed by atoms with Crippen LogP contribution in [0.5, 0.6) is 0 Å². The molecule has 1 saturated heterocycles. The van der Waals surface area contributed by atoms with E-state index >= 15 is 0 Å². The van der Waals surface area contributed by atoms with E-state index in [0.717, 1.165) is 0 Å². The maximum absolute atomic E-state index is 12.3. The summed E-state index contributed by atoms with van der Waals surface area (Å²) in [7, 11) is -1.29. The molecule has 0 atom stereocenters. The number of aryl methyl sites for hydroxylation is 1. The molecule has 1 aliphatic heterocycles. The normalized spacial score (nSPS) is 18.0. The molecule has 1 aromatic heterocycles. The van der Waals surface area contributed by atoms with Gasteiger partial charge in [0.15, 0.2) is 0 Å². The Hall–Kier alpha value is -1.34. The van der Waals surface area contributed by atoms with Crippen molar-refractivity contribution >= 4 is 15.9 Å². The molecule has 112 valence electrons. The number of carbonyl (C=O) groups excluding carboxylic acids is 1. The van der Waals surface area contributed by atoms with Gasteiger partial charge < -0.3 is 9.47 Å². The van der Waals surface area contributed by atoms with Crippen molar-refractivity contribution in [2.75, 3.05) is 31.9 Å². The van der Waals surface area contributed by atoms with E-state index in [1.807, 2.05) is 17.8 Å². The largest absolute Gasteiger partial charge is 0.356 e. The number of amides is 1. The smallest absolute Gasteiger partial charge is 0.255 e. The predicted octanol–water partition coefficient (Wildman–Crippen LogP) is 0.523. The molecule has 0 saturated carbocycles. The first-order chi connectivity index (χ1) is 9.44. The first-order valence-electron chi connectivity index (χ1n) is 6.83. The molecule has 2 heterocycles. The van der Waals surface area contributed by atoms with Crippen LogP contribution in [0.1, 0.15) is 23.7 Å². The van der Waals surface area contributed by atoms with Gasteiger partial charge in [0.05, 0.1) is 11.3 Å². The second-order valence-electron chi connectivity index (χ2n) is 5.01. The zero-order valence-electron chi connectivity index (χ0n) is 11.9. The molecule has 0 aliphatic carbocycles. The van der Waals surface area contributed by atoms with Gasteiger partial charge in [-0.3, -0.25) is 4.79 Å². The molecule has 2 rings (SSSR count). The zero-order valence-corrected chi connectivity index (χ0v) is 12.8. The van der Waals surface area contributed by atoms with Crippen molar-refractivity contribution < 1.29 is 13.2 Å². The second-order valence-corrected chi connectivity index (χ2v) is 7.27. The van der Waals surface area contributed by atoms with E-state index in [0.29, 0.717) is 38.2 Å². The minimum absolute atomic E-state index is 0.0265. The first-order valence-corrected chi connectivity index (χ1v) is 8.44. The summed E-state index contributed by atoms with van der Waals surface area (Å²) in [6.07, 6.45) is 4.30. The minimum Gasteiger partial charge on any atom is -0.356 e. The average Bonchev–Trinajstić information content (AvgIpc) is 2.71. The van der Waals surface area contributed by atoms with Crippen molar-refractivity contribution in [2.24, 2.45) is 7.05 Å². The molecule has 0 bridgehead atoms. The Bertz CT molecular complexity index is 579. The highest BCUT2D eigenvalue weighted by molar-refractivity contribution is 7.89. The van der Waals surface area contributed by atoms with Gasteiger partial charge in [-0.25, -0.2) is 12.7 Å². The summed E-state index contributed by atoms with van der Waals surface area (Å²) < 4.78 is 27.1. The van der Waals surface area contributed by atoms with Crippen LogP contribution in [-0.2, 0) is 17.1 Å². The minimum atomic E-state index is -3.16. The number of hydrogen-bond donors (Lipinski definition) is 0. The van der Waals surface area contributed by atoms with E-state index in [-0.39, 0.29) is 11.7 Å². The highest BCUT2D eigenvalue weighted by atomic mass is 32.2. The monoisotopic (exact) mass is 299 g/mol. The first kappa shape index (κ1) is 15.1. The van der Waals surface area contributed by atoms with Gasteiger partial charge in [-0.15, -0.1) is 0 Å². The third-order valence-corrected chi connectivity index (χ3v) is 5.46. The highest BCUT2D eigenvalue weighted by Gasteiger charge is 2.26. The highest BCUT2D eigenvalue weighted by Crippen LogP contribution is 2.12. The van der Waals surface area contributed by atoms with Gasteiger partial charge in [-0.05, 0) is 19.4 Å². The van der Waals surface area contributed by atoms with Gasteiger partial charge in [0, 0.05) is 45.6 Å². The number of nitrogens with zero attached hydrogens (tertiary/aromatic N) is 3. The van der Waals surface area contributed by atoms with E-state index in [4.69, 9.17) is 0 Å². The molecule has 20 heavy (non-hydrogen) atoms. The van der Waals surface area contributed by atoms with Gasteiger partial charge in [0.1, 0.15) is 0 Å². The maximum atomic E-state index is 12.3. The van der Waals surface area contributed by atoms with Crippen molar-refractivity contribution in [3.63, 3.8) is 0 Å². The molecule has 0 aromatic carbocycles. The summed E-state index contributed by atoms with van der Waals surface area (Å²) in [5.74, 6) is 0.0842. The summed E-state index contributed by atoms with van der Waals surface area (Å²) in [5, 5.41) is 0. The van der Waals surface area contributed by atoms with E-state index in [2.05, 4.69) is 0 Å². The van der Waals surface area contributed by atoms with Crippen molar-refractivity contribution in [2.45, 2.75) is 13.3 Å². The van der Waals surface area contributed by atoms with Crippen LogP contribution in [0.2, 0.25) is 0 Å². The van der Waals surface area contributed by atoms with E-state index in [9.17, 15) is 13.2 Å². The third-order valence-electron chi connectivity index (χ3n) is 3.58. The lowest BCUT2D eigenvalue weighted by Crippen LogP contribution is -2.37. The van der Waals surface area contributed by atoms with Crippen LogP contribution in [0.3, 0.4) is 0 Å². The van der Waals surface area contributed by atoms with Crippen LogP contribution in [0.4, 0.5) is 0 Å². The molecule has 1 fully saturated rings. The SMILES string of the molecule is CCS(=O)(=O)N1CCCN(C(=O)c2ccn(C)c2)CC1. The third kappa shape index (κ3) is 3.21. The lowest BCUT2D eigenvalue weighted by Gasteiger charge is -2.21. The molecular formula is C13H21N3O3S. The van der Waals surface area contributed by atoms with Crippen LogP contribution in [0, 0.1) is 0 Å². The van der Waals surface area contributed by atoms with E-state index in [1.54, 1.807) is 24.1 Å². The number of aromatic nitrogens is 1. The van der Waals surface area contributed by atoms with Gasteiger partial charge in [-0.2, -0.15) is 0 Å². The van der Waals surface area contributed by atoms with E-state index in [1.165, 1.54) is 4.31 Å². The van der Waals surface area contributed by atoms with Gasteiger partial charge in [0.2, 0.25) is 10.0 Å². The van der Waals surface area contributed by atoms with Gasteiger partial charge in [-0.1, -0.05) is 0 Å².